The van der Waals surface area contributed by atoms with Gasteiger partial charge in [0.2, 0.25) is 0 Å². The van der Waals surface area contributed by atoms with E-state index in [-0.39, 0.29) is 38.2 Å². The smallest absolute Gasteiger partial charge is 0.418 e. The van der Waals surface area contributed by atoms with E-state index in [4.69, 9.17) is 9.16 Å². The van der Waals surface area contributed by atoms with Gasteiger partial charge in [-0.2, -0.15) is 18.4 Å². The highest BCUT2D eigenvalue weighted by molar-refractivity contribution is 9.10. The van der Waals surface area contributed by atoms with Crippen LogP contribution in [0.3, 0.4) is 0 Å². The number of alkyl halides is 3. The minimum atomic E-state index is -5.00. The fourth-order valence-electron chi connectivity index (χ4n) is 4.88. The molecule has 1 fully saturated rings. The van der Waals surface area contributed by atoms with Crippen molar-refractivity contribution in [1.82, 2.24) is 14.5 Å². The van der Waals surface area contributed by atoms with Gasteiger partial charge < -0.3 is 14.3 Å². The molecular formula is C28H29BrF4N4O5Si. The van der Waals surface area contributed by atoms with Crippen molar-refractivity contribution in [2.24, 2.45) is 0 Å². The van der Waals surface area contributed by atoms with E-state index in [1.54, 1.807) is 33.9 Å². The van der Waals surface area contributed by atoms with Gasteiger partial charge in [-0.25, -0.2) is 14.2 Å². The maximum absolute atomic E-state index is 15.0. The van der Waals surface area contributed by atoms with Crippen LogP contribution in [0.15, 0.2) is 39.6 Å². The molecule has 2 heterocycles. The van der Waals surface area contributed by atoms with Crippen molar-refractivity contribution in [3.8, 4) is 17.5 Å². The Bertz CT molecular complexity index is 1720. The van der Waals surface area contributed by atoms with Crippen molar-refractivity contribution >= 4 is 41.2 Å². The summed E-state index contributed by atoms with van der Waals surface area (Å²) in [4.78, 5) is 31.6. The zero-order valence-electron chi connectivity index (χ0n) is 24.1. The average Bonchev–Trinajstić information content (AvgIpc) is 3.28. The van der Waals surface area contributed by atoms with Gasteiger partial charge in [0.1, 0.15) is 5.82 Å². The first-order chi connectivity index (χ1) is 19.8. The number of fused-ring (bicyclic) bond motifs is 1. The Kier molecular flexibility index (Phi) is 8.22. The van der Waals surface area contributed by atoms with Crippen LogP contribution >= 0.6 is 15.9 Å². The maximum Gasteiger partial charge on any atom is 0.418 e. The number of aromatic nitrogens is 2. The molecule has 1 amide bonds. The first kappa shape index (κ1) is 32.4. The van der Waals surface area contributed by atoms with Crippen LogP contribution in [0.5, 0.6) is 5.75 Å². The molecule has 0 bridgehead atoms. The summed E-state index contributed by atoms with van der Waals surface area (Å²) >= 11 is 3.27. The number of likely N-dealkylation sites (tertiary alicyclic amines) is 1. The number of nitrogens with zero attached hydrogens (tertiary/aromatic N) is 4. The van der Waals surface area contributed by atoms with E-state index in [2.05, 4.69) is 20.9 Å². The largest absolute Gasteiger partial charge is 0.494 e. The standard InChI is InChI=1S/C28H29BrF4N4O5Si/c1-26(2,3)43(5,6)42-27(28(31,32)33)12-20(36(14-27)25(39)40)23-35-22-17(9-15(13-34)10-18(22)29)24(38)37(23)16-7-8-21(41-4)19(30)11-16/h7-11,20H,12,14H2,1-6H3,(H,39,40)/t20-,27-/m0/s1. The summed E-state index contributed by atoms with van der Waals surface area (Å²) in [6.45, 7) is 7.48. The Labute approximate surface area is 253 Å². The second-order valence-corrected chi connectivity index (χ2v) is 17.5. The van der Waals surface area contributed by atoms with E-state index in [0.29, 0.717) is 4.90 Å². The van der Waals surface area contributed by atoms with Crippen LogP contribution in [0.1, 0.15) is 44.6 Å². The Morgan fingerprint density at radius 1 is 1.23 bits per heavy atom. The molecule has 1 saturated heterocycles. The Hall–Kier alpha value is -3.48. The van der Waals surface area contributed by atoms with Crippen LogP contribution in [-0.4, -0.2) is 59.4 Å². The number of rotatable bonds is 5. The third-order valence-electron chi connectivity index (χ3n) is 8.12. The van der Waals surface area contributed by atoms with Gasteiger partial charge in [-0.3, -0.25) is 14.3 Å². The molecule has 0 unspecified atom stereocenters. The Morgan fingerprint density at radius 3 is 2.40 bits per heavy atom. The molecule has 2 atom stereocenters. The quantitative estimate of drug-likeness (QED) is 0.229. The van der Waals surface area contributed by atoms with Gasteiger partial charge in [0.05, 0.1) is 47.9 Å². The minimum absolute atomic E-state index is 0.00982. The molecule has 3 aromatic rings. The van der Waals surface area contributed by atoms with E-state index in [0.717, 1.165) is 10.6 Å². The molecule has 230 valence electrons. The molecular weight excluding hydrogens is 656 g/mol. The first-order valence-electron chi connectivity index (χ1n) is 13.0. The lowest BCUT2D eigenvalue weighted by molar-refractivity contribution is -0.247. The SMILES string of the molecule is COc1ccc(-n2c([C@@H]3C[C@@](O[Si](C)(C)C(C)(C)C)(C(F)(F)F)CN3C(=O)O)nc3c(Br)cc(C#N)cc3c2=O)cc1F. The van der Waals surface area contributed by atoms with Gasteiger partial charge in [-0.15, -0.1) is 0 Å². The number of nitriles is 1. The van der Waals surface area contributed by atoms with Crippen molar-refractivity contribution < 1.29 is 36.6 Å². The number of carboxylic acid groups (broad SMARTS) is 1. The van der Waals surface area contributed by atoms with Gasteiger partial charge >= 0.3 is 12.3 Å². The third-order valence-corrected chi connectivity index (χ3v) is 13.2. The molecule has 0 saturated carbocycles. The van der Waals surface area contributed by atoms with Crippen LogP contribution in [0, 0.1) is 17.1 Å². The monoisotopic (exact) mass is 684 g/mol. The number of hydrogen-bond acceptors (Lipinski definition) is 6. The highest BCUT2D eigenvalue weighted by Gasteiger charge is 2.66. The minimum Gasteiger partial charge on any atom is -0.494 e. The summed E-state index contributed by atoms with van der Waals surface area (Å²) in [7, 11) is -1.91. The third kappa shape index (κ3) is 5.63. The Morgan fingerprint density at radius 2 is 1.88 bits per heavy atom. The zero-order valence-corrected chi connectivity index (χ0v) is 26.7. The highest BCUT2D eigenvalue weighted by atomic mass is 79.9. The van der Waals surface area contributed by atoms with E-state index in [9.17, 15) is 37.5 Å². The van der Waals surface area contributed by atoms with Crippen LogP contribution < -0.4 is 10.3 Å². The number of carbonyl (C=O) groups is 1. The molecule has 9 nitrogen and oxygen atoms in total. The van der Waals surface area contributed by atoms with Crippen molar-refractivity contribution in [3.63, 3.8) is 0 Å². The van der Waals surface area contributed by atoms with Crippen LogP contribution in [0.4, 0.5) is 22.4 Å². The summed E-state index contributed by atoms with van der Waals surface area (Å²) in [5.74, 6) is -1.41. The lowest BCUT2D eigenvalue weighted by atomic mass is 9.99. The number of amides is 1. The van der Waals surface area contributed by atoms with E-state index in [1.165, 1.54) is 31.4 Å². The first-order valence-corrected chi connectivity index (χ1v) is 16.7. The molecule has 1 aliphatic heterocycles. The van der Waals surface area contributed by atoms with Crippen LogP contribution in [0.2, 0.25) is 18.1 Å². The van der Waals surface area contributed by atoms with E-state index >= 15 is 0 Å². The fraction of sp³-hybridized carbons (Fsp3) is 0.429. The van der Waals surface area contributed by atoms with Gasteiger partial charge in [-0.1, -0.05) is 20.8 Å². The maximum atomic E-state index is 15.0. The number of ether oxygens (including phenoxy) is 1. The van der Waals surface area contributed by atoms with Gasteiger partial charge in [0.25, 0.3) is 5.56 Å². The zero-order chi connectivity index (χ0) is 32.3. The molecule has 0 spiro atoms. The van der Waals surface area contributed by atoms with Gasteiger partial charge in [0, 0.05) is 17.0 Å². The molecule has 0 radical (unpaired) electrons. The molecule has 15 heteroatoms. The van der Waals surface area contributed by atoms with Crippen molar-refractivity contribution in [3.05, 3.63) is 62.4 Å². The van der Waals surface area contributed by atoms with Gasteiger partial charge in [0.15, 0.2) is 25.5 Å². The van der Waals surface area contributed by atoms with Crippen molar-refractivity contribution in [2.75, 3.05) is 13.7 Å². The number of hydrogen-bond donors (Lipinski definition) is 1. The van der Waals surface area contributed by atoms with Crippen LogP contribution in [0.25, 0.3) is 16.6 Å². The van der Waals surface area contributed by atoms with Crippen molar-refractivity contribution in [2.45, 2.75) is 63.1 Å². The predicted molar refractivity (Wildman–Crippen MR) is 155 cm³/mol. The summed E-state index contributed by atoms with van der Waals surface area (Å²) < 4.78 is 71.8. The second-order valence-electron chi connectivity index (χ2n) is 11.9. The normalized spacial score (nSPS) is 19.5. The van der Waals surface area contributed by atoms with Crippen LogP contribution in [-0.2, 0) is 4.43 Å². The average molecular weight is 686 g/mol. The topological polar surface area (TPSA) is 118 Å². The molecule has 2 aromatic carbocycles. The summed E-state index contributed by atoms with van der Waals surface area (Å²) in [6.07, 6.45) is -7.59. The lowest BCUT2D eigenvalue weighted by Crippen LogP contribution is -2.58. The number of methoxy groups -OCH3 is 1. The number of benzene rings is 2. The summed E-state index contributed by atoms with van der Waals surface area (Å²) in [5.41, 5.74) is -3.81. The fourth-order valence-corrected chi connectivity index (χ4v) is 6.97. The number of halogens is 5. The summed E-state index contributed by atoms with van der Waals surface area (Å²) in [6, 6.07) is 6.36. The lowest BCUT2D eigenvalue weighted by Gasteiger charge is -2.44. The molecule has 1 aromatic heterocycles. The van der Waals surface area contributed by atoms with Gasteiger partial charge in [-0.05, 0) is 58.3 Å². The molecule has 43 heavy (non-hydrogen) atoms. The predicted octanol–water partition coefficient (Wildman–Crippen LogP) is 6.92. The second kappa shape index (κ2) is 10.9. The highest BCUT2D eigenvalue weighted by Crippen LogP contribution is 2.52. The summed E-state index contributed by atoms with van der Waals surface area (Å²) in [5, 5.41) is 18.9. The molecule has 1 aliphatic rings. The van der Waals surface area contributed by atoms with E-state index < -0.39 is 61.6 Å². The van der Waals surface area contributed by atoms with E-state index in [1.807, 2.05) is 6.07 Å². The van der Waals surface area contributed by atoms with Crippen molar-refractivity contribution in [1.29, 1.82) is 5.26 Å². The Balaban J connectivity index is 2.06. The molecule has 0 aliphatic carbocycles. The molecule has 1 N–H and O–H groups in total. The molecule has 4 rings (SSSR count).